The molecule has 0 bridgehead atoms. The predicted molar refractivity (Wildman–Crippen MR) is 70.0 cm³/mol. The first-order valence-electron chi connectivity index (χ1n) is 4.70. The van der Waals surface area contributed by atoms with Crippen LogP contribution < -0.4 is 7.74 Å². The van der Waals surface area contributed by atoms with Crippen molar-refractivity contribution in [2.24, 2.45) is 0 Å². The summed E-state index contributed by atoms with van der Waals surface area (Å²) < 4.78 is 2.76. The fourth-order valence-corrected chi connectivity index (χ4v) is 8.25. The molecule has 0 N–H and O–H groups in total. The zero-order valence-electron chi connectivity index (χ0n) is 8.03. The van der Waals surface area contributed by atoms with E-state index < -0.39 is 12.4 Å². The fourth-order valence-electron chi connectivity index (χ4n) is 1.46. The third-order valence-electron chi connectivity index (χ3n) is 2.27. The number of hydrogen-bond donors (Lipinski definition) is 0. The van der Waals surface area contributed by atoms with Crippen LogP contribution in [-0.4, -0.2) is 0 Å². The number of hydrogen-bond acceptors (Lipinski definition) is 0. The van der Waals surface area contributed by atoms with Gasteiger partial charge in [-0.25, -0.2) is 0 Å². The van der Waals surface area contributed by atoms with Gasteiger partial charge >= 0.3 is 107 Å². The predicted octanol–water partition coefficient (Wildman–Crippen LogP) is 3.41. The van der Waals surface area contributed by atoms with E-state index in [0.717, 1.165) is 0 Å². The van der Waals surface area contributed by atoms with E-state index in [0.29, 0.717) is 0 Å². The summed E-state index contributed by atoms with van der Waals surface area (Å²) in [6.45, 7) is 0. The zero-order chi connectivity index (χ0) is 10.7. The minimum atomic E-state index is -2.37. The van der Waals surface area contributed by atoms with Crippen LogP contribution in [0.3, 0.4) is 0 Å². The van der Waals surface area contributed by atoms with Crippen LogP contribution in [0.5, 0.6) is 0 Å². The van der Waals surface area contributed by atoms with Crippen LogP contribution in [0.25, 0.3) is 0 Å². The maximum absolute atomic E-state index is 3.90. The van der Waals surface area contributed by atoms with Gasteiger partial charge in [0, 0.05) is 0 Å². The summed E-state index contributed by atoms with van der Waals surface area (Å²) in [4.78, 5) is 0. The van der Waals surface area contributed by atoms with Crippen LogP contribution >= 0.6 is 26.3 Å². The topological polar surface area (TPSA) is 0 Å². The summed E-state index contributed by atoms with van der Waals surface area (Å²) in [5.74, 6) is 0. The Kier molecular flexibility index (Phi) is 3.84. The molecule has 0 atom stereocenters. The van der Waals surface area contributed by atoms with Gasteiger partial charge in [-0.1, -0.05) is 0 Å². The quantitative estimate of drug-likeness (QED) is 0.719. The molecule has 0 amide bonds. The molecule has 0 aliphatic carbocycles. The van der Waals surface area contributed by atoms with E-state index in [1.165, 1.54) is 7.74 Å². The molecule has 0 fully saturated rings. The molecule has 0 saturated carbocycles. The van der Waals surface area contributed by atoms with Crippen molar-refractivity contribution in [2.75, 3.05) is 0 Å². The molecule has 0 saturated heterocycles. The van der Waals surface area contributed by atoms with Crippen LogP contribution in [0.2, 0.25) is 0 Å². The van der Waals surface area contributed by atoms with Gasteiger partial charge < -0.3 is 0 Å². The second kappa shape index (κ2) is 4.96. The Balaban J connectivity index is 2.44. The van der Waals surface area contributed by atoms with Crippen LogP contribution in [0, 0.1) is 0 Å². The standard InChI is InChI=1S/2C6H5.2BrH.Ti/c2*1-2-4-6-5-3-1;;;/h2*1-5H;2*1H;/q;;;;+2/p-2. The normalized spacial score (nSPS) is 11.3. The summed E-state index contributed by atoms with van der Waals surface area (Å²) in [7, 11) is 0. The molecular weight excluding hydrogens is 352 g/mol. The van der Waals surface area contributed by atoms with Crippen molar-refractivity contribution in [3.8, 4) is 0 Å². The first kappa shape index (κ1) is 11.6. The summed E-state index contributed by atoms with van der Waals surface area (Å²) in [5.41, 5.74) is 0. The Morgan fingerprint density at radius 2 is 0.933 bits per heavy atom. The molecule has 0 aliphatic rings. The van der Waals surface area contributed by atoms with Crippen LogP contribution in [0.1, 0.15) is 0 Å². The van der Waals surface area contributed by atoms with E-state index >= 15 is 0 Å². The number of benzene rings is 2. The van der Waals surface area contributed by atoms with Gasteiger partial charge in [-0.05, 0) is 0 Å². The average Bonchev–Trinajstić information content (AvgIpc) is 2.31. The fraction of sp³-hybridized carbons (Fsp3) is 0. The molecule has 0 heterocycles. The van der Waals surface area contributed by atoms with Crippen molar-refractivity contribution in [1.82, 2.24) is 0 Å². The zero-order valence-corrected chi connectivity index (χ0v) is 12.8. The summed E-state index contributed by atoms with van der Waals surface area (Å²) in [5, 5.41) is 0. The van der Waals surface area contributed by atoms with E-state index in [9.17, 15) is 0 Å². The summed E-state index contributed by atoms with van der Waals surface area (Å²) in [6.07, 6.45) is 0. The second-order valence-electron chi connectivity index (χ2n) is 3.31. The molecule has 2 aromatic rings. The first-order valence-corrected chi connectivity index (χ1v) is 14.0. The Morgan fingerprint density at radius 3 is 1.27 bits per heavy atom. The van der Waals surface area contributed by atoms with Gasteiger partial charge in [0.25, 0.3) is 0 Å². The molecular formula is C12H10Br2Ti. The SMILES string of the molecule is [Br][Ti]([Br])([c]1ccccc1)[c]1ccccc1. The van der Waals surface area contributed by atoms with Gasteiger partial charge in [0.15, 0.2) is 0 Å². The van der Waals surface area contributed by atoms with E-state index in [-0.39, 0.29) is 0 Å². The third-order valence-corrected chi connectivity index (χ3v) is 13.1. The first-order chi connectivity index (χ1) is 7.21. The van der Waals surface area contributed by atoms with Crippen molar-refractivity contribution < 1.29 is 12.4 Å². The molecule has 0 aliphatic heterocycles. The van der Waals surface area contributed by atoms with Gasteiger partial charge in [0.05, 0.1) is 0 Å². The molecule has 76 valence electrons. The van der Waals surface area contributed by atoms with Crippen LogP contribution in [0.15, 0.2) is 60.7 Å². The van der Waals surface area contributed by atoms with Gasteiger partial charge in [-0.15, -0.1) is 0 Å². The summed E-state index contributed by atoms with van der Waals surface area (Å²) in [6, 6.07) is 21.1. The van der Waals surface area contributed by atoms with Crippen molar-refractivity contribution in [1.29, 1.82) is 0 Å². The molecule has 2 rings (SSSR count). The number of rotatable bonds is 2. The Hall–Kier alpha value is 0.114. The molecule has 0 aromatic heterocycles. The van der Waals surface area contributed by atoms with Crippen molar-refractivity contribution >= 4 is 34.1 Å². The third kappa shape index (κ3) is 2.62. The summed E-state index contributed by atoms with van der Waals surface area (Å²) >= 11 is 5.43. The second-order valence-corrected chi connectivity index (χ2v) is 21.1. The van der Waals surface area contributed by atoms with Gasteiger partial charge in [0.2, 0.25) is 0 Å². The van der Waals surface area contributed by atoms with E-state index in [1.54, 1.807) is 0 Å². The van der Waals surface area contributed by atoms with Gasteiger partial charge in [-0.3, -0.25) is 0 Å². The molecule has 15 heavy (non-hydrogen) atoms. The Morgan fingerprint density at radius 1 is 0.600 bits per heavy atom. The minimum absolute atomic E-state index is 1.38. The van der Waals surface area contributed by atoms with Crippen LogP contribution in [0.4, 0.5) is 0 Å². The van der Waals surface area contributed by atoms with E-state index in [2.05, 4.69) is 74.9 Å². The molecule has 0 spiro atoms. The monoisotopic (exact) mass is 360 g/mol. The van der Waals surface area contributed by atoms with E-state index in [1.807, 2.05) is 12.1 Å². The van der Waals surface area contributed by atoms with Gasteiger partial charge in [-0.2, -0.15) is 0 Å². The van der Waals surface area contributed by atoms with Gasteiger partial charge in [0.1, 0.15) is 0 Å². The Labute approximate surface area is 106 Å². The molecule has 0 nitrogen and oxygen atoms in total. The molecule has 0 radical (unpaired) electrons. The molecule has 2 aromatic carbocycles. The molecule has 3 heteroatoms. The molecule has 0 unspecified atom stereocenters. The van der Waals surface area contributed by atoms with E-state index in [4.69, 9.17) is 0 Å². The van der Waals surface area contributed by atoms with Crippen molar-refractivity contribution in [3.63, 3.8) is 0 Å². The maximum atomic E-state index is 3.90. The number of halogens is 2. The van der Waals surface area contributed by atoms with Crippen molar-refractivity contribution in [3.05, 3.63) is 60.7 Å². The average molecular weight is 362 g/mol. The van der Waals surface area contributed by atoms with Crippen LogP contribution in [-0.2, 0) is 12.4 Å². The Bertz CT molecular complexity index is 384. The van der Waals surface area contributed by atoms with Crippen molar-refractivity contribution in [2.45, 2.75) is 0 Å².